The van der Waals surface area contributed by atoms with Crippen molar-refractivity contribution in [1.29, 1.82) is 0 Å². The number of hydrogen-bond acceptors (Lipinski definition) is 4. The molecule has 3 N–H and O–H groups in total. The lowest BCUT2D eigenvalue weighted by molar-refractivity contribution is 0.0949. The predicted octanol–water partition coefficient (Wildman–Crippen LogP) is 1.47. The van der Waals surface area contributed by atoms with Crippen LogP contribution in [0.1, 0.15) is 32.9 Å². The highest BCUT2D eigenvalue weighted by molar-refractivity contribution is 5.96. The van der Waals surface area contributed by atoms with Gasteiger partial charge in [-0.2, -0.15) is 0 Å². The zero-order valence-electron chi connectivity index (χ0n) is 14.2. The molecule has 3 heterocycles. The van der Waals surface area contributed by atoms with E-state index in [2.05, 4.69) is 20.3 Å². The molecule has 0 bridgehead atoms. The number of pyridine rings is 3. The van der Waals surface area contributed by atoms with Crippen LogP contribution >= 0.6 is 0 Å². The van der Waals surface area contributed by atoms with Crippen LogP contribution < -0.4 is 16.3 Å². The number of aryl methyl sites for hydroxylation is 3. The number of aromatic amines is 2. The molecule has 0 fully saturated rings. The maximum absolute atomic E-state index is 12.5. The predicted molar refractivity (Wildman–Crippen MR) is 94.8 cm³/mol. The van der Waals surface area contributed by atoms with Crippen molar-refractivity contribution in [3.8, 4) is 0 Å². The zero-order valence-corrected chi connectivity index (χ0v) is 14.2. The van der Waals surface area contributed by atoms with Crippen LogP contribution in [0, 0.1) is 20.8 Å². The smallest absolute Gasteiger partial charge is 0.257 e. The molecule has 0 aliphatic heterocycles. The quantitative estimate of drug-likeness (QED) is 0.672. The fraction of sp³-hybridized carbons (Fsp3) is 0.222. The van der Waals surface area contributed by atoms with Crippen LogP contribution in [0.3, 0.4) is 0 Å². The monoisotopic (exact) mass is 338 g/mol. The van der Waals surface area contributed by atoms with Crippen molar-refractivity contribution >= 4 is 16.9 Å². The van der Waals surface area contributed by atoms with Gasteiger partial charge in [-0.15, -0.1) is 0 Å². The van der Waals surface area contributed by atoms with Gasteiger partial charge < -0.3 is 15.3 Å². The Morgan fingerprint density at radius 2 is 1.96 bits per heavy atom. The average molecular weight is 338 g/mol. The molecule has 1 amide bonds. The summed E-state index contributed by atoms with van der Waals surface area (Å²) in [6.07, 6.45) is 1.35. The van der Waals surface area contributed by atoms with Gasteiger partial charge in [0.05, 0.1) is 5.39 Å². The molecule has 0 radical (unpaired) electrons. The summed E-state index contributed by atoms with van der Waals surface area (Å²) in [5.74, 6) is -0.539. The van der Waals surface area contributed by atoms with Gasteiger partial charge in [0.25, 0.3) is 11.5 Å². The third-order valence-corrected chi connectivity index (χ3v) is 4.04. The normalized spacial score (nSPS) is 10.8. The Hall–Kier alpha value is -3.22. The number of carbonyl (C=O) groups is 1. The van der Waals surface area contributed by atoms with E-state index < -0.39 is 11.3 Å². The number of amides is 1. The first kappa shape index (κ1) is 16.6. The average Bonchev–Trinajstić information content (AvgIpc) is 2.53. The summed E-state index contributed by atoms with van der Waals surface area (Å²) in [4.78, 5) is 46.7. The fourth-order valence-electron chi connectivity index (χ4n) is 2.73. The van der Waals surface area contributed by atoms with Crippen LogP contribution in [0.15, 0.2) is 34.0 Å². The molecule has 3 rings (SSSR count). The minimum atomic E-state index is -0.539. The minimum Gasteiger partial charge on any atom is -0.348 e. The lowest BCUT2D eigenvalue weighted by atomic mass is 10.1. The summed E-state index contributed by atoms with van der Waals surface area (Å²) in [6.45, 7) is 5.46. The van der Waals surface area contributed by atoms with Crippen LogP contribution in [0.4, 0.5) is 0 Å². The maximum atomic E-state index is 12.5. The van der Waals surface area contributed by atoms with Crippen molar-refractivity contribution < 1.29 is 4.79 Å². The third kappa shape index (κ3) is 3.21. The summed E-state index contributed by atoms with van der Waals surface area (Å²) < 4.78 is 0. The first-order chi connectivity index (χ1) is 11.9. The Morgan fingerprint density at radius 1 is 1.20 bits per heavy atom. The van der Waals surface area contributed by atoms with Crippen molar-refractivity contribution in [3.05, 3.63) is 73.1 Å². The number of rotatable bonds is 3. The molecule has 7 nitrogen and oxygen atoms in total. The van der Waals surface area contributed by atoms with Crippen molar-refractivity contribution in [3.63, 3.8) is 0 Å². The molecule has 0 atom stereocenters. The molecule has 0 saturated carbocycles. The number of aromatic nitrogens is 3. The van der Waals surface area contributed by atoms with E-state index in [-0.39, 0.29) is 17.7 Å². The molecule has 0 aliphatic carbocycles. The maximum Gasteiger partial charge on any atom is 0.257 e. The van der Waals surface area contributed by atoms with E-state index in [1.54, 1.807) is 26.0 Å². The first-order valence-corrected chi connectivity index (χ1v) is 7.83. The topological polar surface area (TPSA) is 108 Å². The second kappa shape index (κ2) is 6.35. The van der Waals surface area contributed by atoms with Crippen molar-refractivity contribution in [1.82, 2.24) is 20.3 Å². The third-order valence-electron chi connectivity index (χ3n) is 4.04. The second-order valence-corrected chi connectivity index (χ2v) is 6.01. The summed E-state index contributed by atoms with van der Waals surface area (Å²) in [7, 11) is 0. The molecule has 0 unspecified atom stereocenters. The van der Waals surface area contributed by atoms with Crippen molar-refractivity contribution in [2.24, 2.45) is 0 Å². The SMILES string of the molecule is Cc1ccc2c(=O)c(C(=O)NCc3c(C)cc(C)[nH]c3=O)c[nH]c2n1. The standard InChI is InChI=1S/C18H18N4O3/c1-9-6-11(3)22-18(25)13(9)7-20-17(24)14-8-19-16-12(15(14)23)5-4-10(2)21-16/h4-6,8H,7H2,1-3H3,(H,20,24)(H,22,25)(H,19,21,23). The van der Waals surface area contributed by atoms with E-state index in [0.717, 1.165) is 17.0 Å². The van der Waals surface area contributed by atoms with Crippen LogP contribution in [-0.4, -0.2) is 20.9 Å². The Labute approximate surface area is 143 Å². The molecule has 25 heavy (non-hydrogen) atoms. The molecular weight excluding hydrogens is 320 g/mol. The number of nitrogens with zero attached hydrogens (tertiary/aromatic N) is 1. The van der Waals surface area contributed by atoms with Gasteiger partial charge in [-0.1, -0.05) is 0 Å². The van der Waals surface area contributed by atoms with Gasteiger partial charge in [0.15, 0.2) is 0 Å². The van der Waals surface area contributed by atoms with E-state index in [0.29, 0.717) is 16.6 Å². The van der Waals surface area contributed by atoms with Crippen LogP contribution in [0.5, 0.6) is 0 Å². The Balaban J connectivity index is 1.89. The Kier molecular flexibility index (Phi) is 4.22. The van der Waals surface area contributed by atoms with E-state index in [1.807, 2.05) is 13.0 Å². The zero-order chi connectivity index (χ0) is 18.1. The van der Waals surface area contributed by atoms with Crippen molar-refractivity contribution in [2.45, 2.75) is 27.3 Å². The lowest BCUT2D eigenvalue weighted by Crippen LogP contribution is -2.31. The molecule has 3 aromatic rings. The molecule has 7 heteroatoms. The molecule has 0 aromatic carbocycles. The van der Waals surface area contributed by atoms with Crippen LogP contribution in [-0.2, 0) is 6.54 Å². The number of H-pyrrole nitrogens is 2. The van der Waals surface area contributed by atoms with Crippen LogP contribution in [0.2, 0.25) is 0 Å². The summed E-state index contributed by atoms with van der Waals surface area (Å²) in [5.41, 5.74) is 2.56. The summed E-state index contributed by atoms with van der Waals surface area (Å²) in [5, 5.41) is 2.98. The number of hydrogen-bond donors (Lipinski definition) is 3. The number of carbonyl (C=O) groups excluding carboxylic acids is 1. The second-order valence-electron chi connectivity index (χ2n) is 6.01. The highest BCUT2D eigenvalue weighted by Crippen LogP contribution is 2.07. The van der Waals surface area contributed by atoms with E-state index >= 15 is 0 Å². The molecule has 0 aliphatic rings. The summed E-state index contributed by atoms with van der Waals surface area (Å²) >= 11 is 0. The Bertz CT molecular complexity index is 1100. The molecular formula is C18H18N4O3. The van der Waals surface area contributed by atoms with Gasteiger partial charge in [-0.25, -0.2) is 4.98 Å². The van der Waals surface area contributed by atoms with Gasteiger partial charge in [0, 0.05) is 29.7 Å². The van der Waals surface area contributed by atoms with Gasteiger partial charge in [-0.05, 0) is 44.5 Å². The minimum absolute atomic E-state index is 0.0145. The fourth-order valence-corrected chi connectivity index (χ4v) is 2.73. The number of fused-ring (bicyclic) bond motifs is 1. The molecule has 3 aromatic heterocycles. The highest BCUT2D eigenvalue weighted by atomic mass is 16.2. The van der Waals surface area contributed by atoms with E-state index in [1.165, 1.54) is 6.20 Å². The van der Waals surface area contributed by atoms with E-state index in [4.69, 9.17) is 0 Å². The largest absolute Gasteiger partial charge is 0.348 e. The molecule has 0 saturated heterocycles. The Morgan fingerprint density at radius 3 is 2.68 bits per heavy atom. The molecule has 128 valence electrons. The van der Waals surface area contributed by atoms with Gasteiger partial charge in [0.2, 0.25) is 5.43 Å². The molecule has 0 spiro atoms. The van der Waals surface area contributed by atoms with Gasteiger partial charge in [-0.3, -0.25) is 14.4 Å². The van der Waals surface area contributed by atoms with Crippen molar-refractivity contribution in [2.75, 3.05) is 0 Å². The number of nitrogens with one attached hydrogen (secondary N) is 3. The van der Waals surface area contributed by atoms with Gasteiger partial charge >= 0.3 is 0 Å². The highest BCUT2D eigenvalue weighted by Gasteiger charge is 2.14. The first-order valence-electron chi connectivity index (χ1n) is 7.83. The lowest BCUT2D eigenvalue weighted by Gasteiger charge is -2.08. The van der Waals surface area contributed by atoms with Crippen LogP contribution in [0.25, 0.3) is 11.0 Å². The van der Waals surface area contributed by atoms with E-state index in [9.17, 15) is 14.4 Å². The van der Waals surface area contributed by atoms with Gasteiger partial charge in [0.1, 0.15) is 11.2 Å². The summed E-state index contributed by atoms with van der Waals surface area (Å²) in [6, 6.07) is 5.19.